The summed E-state index contributed by atoms with van der Waals surface area (Å²) in [6.45, 7) is 20.0. The van der Waals surface area contributed by atoms with Gasteiger partial charge in [0.05, 0.1) is 40.1 Å². The van der Waals surface area contributed by atoms with Gasteiger partial charge in [-0.3, -0.25) is 4.90 Å². The molecule has 2 amide bonds. The summed E-state index contributed by atoms with van der Waals surface area (Å²) in [5.41, 5.74) is -0.682. The number of rotatable bonds is 22. The van der Waals surface area contributed by atoms with E-state index in [4.69, 9.17) is 46.9 Å². The van der Waals surface area contributed by atoms with Gasteiger partial charge in [-0.05, 0) is 75.6 Å². The lowest BCUT2D eigenvalue weighted by Gasteiger charge is -2.39. The molecule has 0 aliphatic carbocycles. The Bertz CT molecular complexity index is 2050. The molecule has 17 heteroatoms. The lowest BCUT2D eigenvalue weighted by atomic mass is 9.80. The summed E-state index contributed by atoms with van der Waals surface area (Å²) in [6.07, 6.45) is -0.476. The zero-order chi connectivity index (χ0) is 47.1. The third-order valence-electron chi connectivity index (χ3n) is 10.4. The van der Waals surface area contributed by atoms with Gasteiger partial charge in [-0.1, -0.05) is 86.0 Å². The van der Waals surface area contributed by atoms with Crippen molar-refractivity contribution in [2.75, 3.05) is 47.2 Å². The van der Waals surface area contributed by atoms with Crippen molar-refractivity contribution in [1.82, 2.24) is 9.57 Å². The fourth-order valence-corrected chi connectivity index (χ4v) is 9.27. The largest absolute Gasteiger partial charge is 0.515 e. The molecule has 2 aliphatic heterocycles. The predicted octanol–water partition coefficient (Wildman–Crippen LogP) is 9.33. The molecule has 16 nitrogen and oxygen atoms in total. The van der Waals surface area contributed by atoms with E-state index in [0.29, 0.717) is 11.5 Å². The molecule has 0 spiro atoms. The van der Waals surface area contributed by atoms with Gasteiger partial charge < -0.3 is 46.9 Å². The first-order valence-corrected chi connectivity index (χ1v) is 22.3. The molecule has 1 saturated heterocycles. The van der Waals surface area contributed by atoms with E-state index in [-0.39, 0.29) is 51.5 Å². The van der Waals surface area contributed by atoms with Crippen LogP contribution < -0.4 is 9.47 Å². The second-order valence-electron chi connectivity index (χ2n) is 15.7. The second kappa shape index (κ2) is 23.5. The summed E-state index contributed by atoms with van der Waals surface area (Å²) in [7, 11) is 1.47. The highest BCUT2D eigenvalue weighted by molar-refractivity contribution is 7.44. The average molecular weight is 918 g/mol. The number of hydrogen-bond donors (Lipinski definition) is 0. The zero-order valence-electron chi connectivity index (χ0n) is 38.1. The van der Waals surface area contributed by atoms with Crippen LogP contribution in [0.3, 0.4) is 0 Å². The maximum atomic E-state index is 14.1. The fourth-order valence-electron chi connectivity index (χ4n) is 7.53. The van der Waals surface area contributed by atoms with Crippen LogP contribution in [0, 0.1) is 0 Å². The summed E-state index contributed by atoms with van der Waals surface area (Å²) in [4.78, 5) is 45.0. The molecule has 5 rings (SSSR count). The molecule has 3 aromatic rings. The van der Waals surface area contributed by atoms with E-state index in [0.717, 1.165) is 16.7 Å². The summed E-state index contributed by atoms with van der Waals surface area (Å²) in [6, 6.07) is 24.3. The Labute approximate surface area is 382 Å². The van der Waals surface area contributed by atoms with Crippen molar-refractivity contribution in [3.63, 3.8) is 0 Å². The van der Waals surface area contributed by atoms with E-state index in [9.17, 15) is 14.4 Å². The van der Waals surface area contributed by atoms with Crippen LogP contribution in [0.1, 0.15) is 57.7 Å². The summed E-state index contributed by atoms with van der Waals surface area (Å²) >= 11 is 0. The first-order valence-electron chi connectivity index (χ1n) is 21.2. The monoisotopic (exact) mass is 917 g/mol. The van der Waals surface area contributed by atoms with Gasteiger partial charge in [0, 0.05) is 18.5 Å². The number of urea groups is 1. The van der Waals surface area contributed by atoms with Gasteiger partial charge in [0.2, 0.25) is 5.60 Å². The third kappa shape index (κ3) is 12.4. The predicted molar refractivity (Wildman–Crippen MR) is 245 cm³/mol. The normalized spacial score (nSPS) is 20.2. The van der Waals surface area contributed by atoms with Gasteiger partial charge in [0.25, 0.3) is 14.4 Å². The molecule has 0 saturated carbocycles. The maximum Gasteiger partial charge on any atom is 0.515 e. The molecule has 2 heterocycles. The topological polar surface area (TPSA) is 162 Å². The highest BCUT2D eigenvalue weighted by Crippen LogP contribution is 2.50. The van der Waals surface area contributed by atoms with Crippen LogP contribution in [-0.2, 0) is 43.1 Å². The van der Waals surface area contributed by atoms with Crippen LogP contribution in [-0.4, -0.2) is 117 Å². The van der Waals surface area contributed by atoms with Gasteiger partial charge in [0.1, 0.15) is 42.6 Å². The van der Waals surface area contributed by atoms with Crippen molar-refractivity contribution >= 4 is 32.8 Å². The van der Waals surface area contributed by atoms with Crippen LogP contribution in [0.25, 0.3) is 0 Å². The number of aliphatic imine (C=N–C) groups is 1. The van der Waals surface area contributed by atoms with Crippen molar-refractivity contribution in [1.29, 1.82) is 0 Å². The summed E-state index contributed by atoms with van der Waals surface area (Å²) < 4.78 is 61.8. The van der Waals surface area contributed by atoms with E-state index in [1.807, 2.05) is 78.9 Å². The highest BCUT2D eigenvalue weighted by atomic mass is 31.2. The Morgan fingerprint density at radius 1 is 0.846 bits per heavy atom. The second-order valence-corrected chi connectivity index (χ2v) is 17.1. The first kappa shape index (κ1) is 50.4. The third-order valence-corrected chi connectivity index (χ3v) is 12.6. The molecule has 0 radical (unpaired) electrons. The molecule has 0 aromatic heterocycles. The van der Waals surface area contributed by atoms with Crippen molar-refractivity contribution in [2.24, 2.45) is 4.99 Å². The summed E-state index contributed by atoms with van der Waals surface area (Å²) in [5, 5.41) is 0. The Hall–Kier alpha value is -5.61. The SMILES string of the molecule is C=CCOC(=O)OC1=NC(=O)N([C@H]2C[C@H](OP(OCC=C)N(C(C)C)C(C)C)[C@@H](COC(c3ccccc3)(c3ccc(OC)cc3)c3ccc(OC)cc3)O2)C[C@@]1(C)OC(=O)OCC=C. The number of carbonyl (C=O) groups is 3. The molecule has 1 fully saturated rings. The van der Waals surface area contributed by atoms with Gasteiger partial charge >= 0.3 is 18.3 Å². The lowest BCUT2D eigenvalue weighted by molar-refractivity contribution is -0.109. The number of ether oxygens (including phenoxy) is 8. The van der Waals surface area contributed by atoms with E-state index >= 15 is 0 Å². The Morgan fingerprint density at radius 2 is 1.38 bits per heavy atom. The molecular formula is C48H60N3O13P. The minimum atomic E-state index is -1.86. The Kier molecular flexibility index (Phi) is 18.2. The average Bonchev–Trinajstić information content (AvgIpc) is 3.70. The van der Waals surface area contributed by atoms with Crippen molar-refractivity contribution in [3.05, 3.63) is 134 Å². The molecule has 0 N–H and O–H groups in total. The number of carbonyl (C=O) groups excluding carboxylic acids is 3. The molecule has 3 aromatic carbocycles. The van der Waals surface area contributed by atoms with Crippen molar-refractivity contribution in [2.45, 2.75) is 82.8 Å². The number of benzene rings is 3. The maximum absolute atomic E-state index is 14.1. The van der Waals surface area contributed by atoms with Crippen LogP contribution >= 0.6 is 8.53 Å². The van der Waals surface area contributed by atoms with E-state index in [2.05, 4.69) is 57.1 Å². The minimum Gasteiger partial charge on any atom is -0.497 e. The molecule has 0 bridgehead atoms. The van der Waals surface area contributed by atoms with Gasteiger partial charge in [-0.25, -0.2) is 19.1 Å². The van der Waals surface area contributed by atoms with Gasteiger partial charge in [-0.2, -0.15) is 4.99 Å². The molecule has 5 atom stereocenters. The molecule has 1 unspecified atom stereocenters. The molecule has 65 heavy (non-hydrogen) atoms. The molecule has 2 aliphatic rings. The van der Waals surface area contributed by atoms with E-state index in [1.165, 1.54) is 24.0 Å². The molecular weight excluding hydrogens is 858 g/mol. The Morgan fingerprint density at radius 3 is 1.91 bits per heavy atom. The summed E-state index contributed by atoms with van der Waals surface area (Å²) in [5.74, 6) is 0.802. The number of hydrogen-bond acceptors (Lipinski definition) is 14. The van der Waals surface area contributed by atoms with Crippen molar-refractivity contribution in [3.8, 4) is 11.5 Å². The standard InChI is InChI=1S/C48H60N3O13P/c1-11-27-57-45(53)62-43-47(8,63-46(54)58-28-12-2)32-50(44(52)49-43)42-30-40(64-65(60-29-13-3)51(33(4)5)34(6)7)41(61-42)31-59-48(35-17-15-14-16-18-35,36-19-23-38(55-9)24-20-36)37-21-25-39(56-10)26-22-37/h11-26,33-34,40-42H,1-3,27-32H2,4-10H3/t40-,41+,42+,47+,65?/m0/s1. The Balaban J connectivity index is 1.60. The number of nitrogens with zero attached hydrogens (tertiary/aromatic N) is 3. The van der Waals surface area contributed by atoms with Crippen molar-refractivity contribution < 1.29 is 61.3 Å². The quantitative estimate of drug-likeness (QED) is 0.0406. The fraction of sp³-hybridized carbons (Fsp3) is 0.417. The van der Waals surface area contributed by atoms with E-state index < -0.39 is 62.4 Å². The van der Waals surface area contributed by atoms with E-state index in [1.54, 1.807) is 20.3 Å². The minimum absolute atomic E-state index is 0.0166. The van der Waals surface area contributed by atoms with Crippen LogP contribution in [0.4, 0.5) is 14.4 Å². The number of methoxy groups -OCH3 is 2. The zero-order valence-corrected chi connectivity index (χ0v) is 39.0. The first-order chi connectivity index (χ1) is 31.2. The van der Waals surface area contributed by atoms with Crippen LogP contribution in [0.2, 0.25) is 0 Å². The highest BCUT2D eigenvalue weighted by Gasteiger charge is 2.52. The van der Waals surface area contributed by atoms with Crippen LogP contribution in [0.5, 0.6) is 11.5 Å². The lowest BCUT2D eigenvalue weighted by Crippen LogP contribution is -2.58. The smallest absolute Gasteiger partial charge is 0.497 e. The number of amides is 2. The van der Waals surface area contributed by atoms with Gasteiger partial charge in [0.15, 0.2) is 0 Å². The van der Waals surface area contributed by atoms with Gasteiger partial charge in [-0.15, -0.1) is 6.58 Å². The van der Waals surface area contributed by atoms with Crippen LogP contribution in [0.15, 0.2) is 122 Å². The molecule has 350 valence electrons.